The third-order valence-electron chi connectivity index (χ3n) is 4.63. The summed E-state index contributed by atoms with van der Waals surface area (Å²) < 4.78 is 5.29. The molecule has 3 heterocycles. The first-order valence-electron chi connectivity index (χ1n) is 9.39. The van der Waals surface area contributed by atoms with Gasteiger partial charge in [-0.25, -0.2) is 9.78 Å². The van der Waals surface area contributed by atoms with Gasteiger partial charge in [0.05, 0.1) is 22.7 Å². The number of nitrogens with zero attached hydrogens (tertiary/aromatic N) is 2. The lowest BCUT2D eigenvalue weighted by atomic mass is 9.95. The summed E-state index contributed by atoms with van der Waals surface area (Å²) in [6, 6.07) is 6.22. The molecule has 1 aliphatic rings. The Balaban J connectivity index is 1.63. The first kappa shape index (κ1) is 19.8. The highest BCUT2D eigenvalue weighted by Gasteiger charge is 2.26. The van der Waals surface area contributed by atoms with Crippen molar-refractivity contribution in [3.8, 4) is 16.6 Å². The number of thiophene rings is 2. The van der Waals surface area contributed by atoms with Crippen molar-refractivity contribution in [2.75, 3.05) is 11.9 Å². The molecule has 0 amide bonds. The maximum absolute atomic E-state index is 12.6. The zero-order chi connectivity index (χ0) is 20.2. The molecule has 5 nitrogen and oxygen atoms in total. The molecule has 1 N–H and O–H groups in total. The van der Waals surface area contributed by atoms with Crippen molar-refractivity contribution >= 4 is 50.6 Å². The van der Waals surface area contributed by atoms with Crippen molar-refractivity contribution in [2.45, 2.75) is 32.6 Å². The van der Waals surface area contributed by atoms with Crippen LogP contribution in [0, 0.1) is 11.3 Å². The number of aromatic nitrogens is 1. The Bertz CT molecular complexity index is 1090. The fraction of sp³-hybridized carbons (Fsp3) is 0.286. The Labute approximate surface area is 181 Å². The number of rotatable bonds is 6. The third-order valence-corrected chi connectivity index (χ3v) is 7.62. The summed E-state index contributed by atoms with van der Waals surface area (Å²) >= 11 is 4.64. The van der Waals surface area contributed by atoms with Crippen LogP contribution < -0.4 is 5.32 Å². The van der Waals surface area contributed by atoms with Crippen molar-refractivity contribution in [2.24, 2.45) is 0 Å². The van der Waals surface area contributed by atoms with Gasteiger partial charge >= 0.3 is 5.97 Å². The number of allylic oxidation sites excluding steroid dienone is 1. The van der Waals surface area contributed by atoms with Crippen molar-refractivity contribution in [1.82, 2.24) is 4.98 Å². The highest BCUT2D eigenvalue weighted by Crippen LogP contribution is 2.39. The molecule has 1 aliphatic carbocycles. The number of carbonyl (C=O) groups excluding carboxylic acids is 1. The van der Waals surface area contributed by atoms with Crippen LogP contribution >= 0.6 is 34.0 Å². The summed E-state index contributed by atoms with van der Waals surface area (Å²) in [5.74, 6) is -0.296. The minimum Gasteiger partial charge on any atom is -0.462 e. The molecule has 0 bridgehead atoms. The molecule has 0 saturated carbocycles. The van der Waals surface area contributed by atoms with Crippen LogP contribution in [0.25, 0.3) is 16.1 Å². The molecule has 0 aromatic carbocycles. The van der Waals surface area contributed by atoms with Gasteiger partial charge in [0.15, 0.2) is 0 Å². The van der Waals surface area contributed by atoms with Gasteiger partial charge in [-0.3, -0.25) is 0 Å². The molecule has 3 aromatic heterocycles. The quantitative estimate of drug-likeness (QED) is 0.377. The molecule has 29 heavy (non-hydrogen) atoms. The number of hydrogen-bond acceptors (Lipinski definition) is 8. The van der Waals surface area contributed by atoms with Crippen molar-refractivity contribution in [3.05, 3.63) is 50.1 Å². The Morgan fingerprint density at radius 2 is 2.24 bits per heavy atom. The van der Waals surface area contributed by atoms with Gasteiger partial charge in [0.1, 0.15) is 21.7 Å². The van der Waals surface area contributed by atoms with E-state index in [1.165, 1.54) is 16.2 Å². The van der Waals surface area contributed by atoms with Gasteiger partial charge in [0, 0.05) is 16.5 Å². The monoisotopic (exact) mass is 441 g/mol. The molecule has 8 heteroatoms. The van der Waals surface area contributed by atoms with Gasteiger partial charge in [0.25, 0.3) is 0 Å². The first-order valence-corrected chi connectivity index (χ1v) is 12.0. The number of fused-ring (bicyclic) bond motifs is 1. The van der Waals surface area contributed by atoms with E-state index in [-0.39, 0.29) is 5.97 Å². The predicted octanol–water partition coefficient (Wildman–Crippen LogP) is 5.97. The van der Waals surface area contributed by atoms with E-state index in [0.717, 1.165) is 46.8 Å². The van der Waals surface area contributed by atoms with Crippen molar-refractivity contribution < 1.29 is 9.53 Å². The number of nitriles is 1. The first-order chi connectivity index (χ1) is 14.2. The van der Waals surface area contributed by atoms with Crippen molar-refractivity contribution in [3.63, 3.8) is 0 Å². The summed E-state index contributed by atoms with van der Waals surface area (Å²) in [5, 5.41) is 18.2. The van der Waals surface area contributed by atoms with Crippen LogP contribution in [0.5, 0.6) is 0 Å². The summed E-state index contributed by atoms with van der Waals surface area (Å²) in [7, 11) is 0. The fourth-order valence-corrected chi connectivity index (χ4v) is 6.09. The normalized spacial score (nSPS) is 13.6. The molecule has 4 rings (SSSR count). The molecule has 0 saturated heterocycles. The number of ether oxygens (including phenoxy) is 1. The van der Waals surface area contributed by atoms with Crippen LogP contribution in [-0.2, 0) is 17.6 Å². The summed E-state index contributed by atoms with van der Waals surface area (Å²) in [5.41, 5.74) is 3.04. The van der Waals surface area contributed by atoms with E-state index >= 15 is 0 Å². The molecule has 0 aliphatic heterocycles. The lowest BCUT2D eigenvalue weighted by Gasteiger charge is -2.12. The lowest BCUT2D eigenvalue weighted by molar-refractivity contribution is 0.0526. The molecular formula is C21H19N3O2S3. The third kappa shape index (κ3) is 4.13. The molecule has 3 aromatic rings. The number of carbonyl (C=O) groups is 1. The number of esters is 1. The van der Waals surface area contributed by atoms with Crippen LogP contribution in [0.1, 0.15) is 45.6 Å². The second-order valence-corrected chi connectivity index (χ2v) is 9.38. The Morgan fingerprint density at radius 3 is 3.00 bits per heavy atom. The van der Waals surface area contributed by atoms with E-state index in [4.69, 9.17) is 4.74 Å². The average molecular weight is 442 g/mol. The molecule has 0 unspecified atom stereocenters. The molecule has 0 radical (unpaired) electrons. The predicted molar refractivity (Wildman–Crippen MR) is 120 cm³/mol. The van der Waals surface area contributed by atoms with E-state index in [0.29, 0.717) is 22.8 Å². The molecule has 0 fully saturated rings. The zero-order valence-corrected chi connectivity index (χ0v) is 18.3. The Kier molecular flexibility index (Phi) is 6.09. The van der Waals surface area contributed by atoms with E-state index < -0.39 is 0 Å². The Morgan fingerprint density at radius 1 is 1.38 bits per heavy atom. The summed E-state index contributed by atoms with van der Waals surface area (Å²) in [6.45, 7) is 2.15. The van der Waals surface area contributed by atoms with Gasteiger partial charge < -0.3 is 10.1 Å². The molecule has 0 atom stereocenters. The van der Waals surface area contributed by atoms with Crippen LogP contribution in [0.3, 0.4) is 0 Å². The van der Waals surface area contributed by atoms with Crippen LogP contribution in [0.2, 0.25) is 0 Å². The summed E-state index contributed by atoms with van der Waals surface area (Å²) in [4.78, 5) is 19.5. The van der Waals surface area contributed by atoms with Crippen molar-refractivity contribution in [1.29, 1.82) is 5.26 Å². The number of anilines is 1. The topological polar surface area (TPSA) is 75.0 Å². The van der Waals surface area contributed by atoms with Crippen LogP contribution in [0.4, 0.5) is 5.00 Å². The second-order valence-electron chi connectivity index (χ2n) is 6.46. The highest BCUT2D eigenvalue weighted by atomic mass is 32.1. The number of nitrogens with one attached hydrogen (secondary N) is 1. The largest absolute Gasteiger partial charge is 0.462 e. The maximum Gasteiger partial charge on any atom is 0.341 e. The minimum atomic E-state index is -0.296. The van der Waals surface area contributed by atoms with E-state index in [9.17, 15) is 10.1 Å². The number of thiazole rings is 1. The van der Waals surface area contributed by atoms with Gasteiger partial charge in [-0.05, 0) is 49.6 Å². The van der Waals surface area contributed by atoms with Gasteiger partial charge in [-0.1, -0.05) is 6.07 Å². The highest BCUT2D eigenvalue weighted by molar-refractivity contribution is 7.16. The van der Waals surface area contributed by atoms with Gasteiger partial charge in [0.2, 0.25) is 0 Å². The van der Waals surface area contributed by atoms with Gasteiger partial charge in [-0.15, -0.1) is 34.0 Å². The van der Waals surface area contributed by atoms with E-state index in [1.54, 1.807) is 28.9 Å². The minimum absolute atomic E-state index is 0.296. The van der Waals surface area contributed by atoms with E-state index in [2.05, 4.69) is 16.4 Å². The molecule has 0 spiro atoms. The molecule has 148 valence electrons. The molecular weight excluding hydrogens is 422 g/mol. The average Bonchev–Trinajstić information content (AvgIpc) is 3.47. The van der Waals surface area contributed by atoms with E-state index in [1.807, 2.05) is 29.8 Å². The zero-order valence-electron chi connectivity index (χ0n) is 15.9. The fourth-order valence-electron chi connectivity index (χ4n) is 3.30. The lowest BCUT2D eigenvalue weighted by Crippen LogP contribution is -2.10. The maximum atomic E-state index is 12.6. The smallest absolute Gasteiger partial charge is 0.341 e. The number of aryl methyl sites for hydroxylation is 1. The Hall–Kier alpha value is -2.47. The van der Waals surface area contributed by atoms with Crippen LogP contribution in [-0.4, -0.2) is 17.6 Å². The van der Waals surface area contributed by atoms with Crippen LogP contribution in [0.15, 0.2) is 29.1 Å². The standard InChI is InChI=1S/C21H19N3O2S3/c1-2-26-21(25)18-14-6-3-4-7-16(14)29-20(18)23-11-13(10-22)19-24-15(12-28-19)17-8-5-9-27-17/h5,8-9,11-12,23H,2-4,6-7H2,1H3/b13-11+. The second kappa shape index (κ2) is 8.91. The number of hydrogen-bond donors (Lipinski definition) is 1. The summed E-state index contributed by atoms with van der Waals surface area (Å²) in [6.07, 6.45) is 5.75. The SMILES string of the molecule is CCOC(=O)c1c(N/C=C(\C#N)c2nc(-c3cccs3)cs2)sc2c1CCCC2. The van der Waals surface area contributed by atoms with Gasteiger partial charge in [-0.2, -0.15) is 5.26 Å².